The van der Waals surface area contributed by atoms with Crippen LogP contribution in [0.25, 0.3) is 0 Å². The van der Waals surface area contributed by atoms with Crippen molar-refractivity contribution in [3.8, 4) is 0 Å². The fourth-order valence-corrected chi connectivity index (χ4v) is 3.42. The van der Waals surface area contributed by atoms with E-state index in [1.54, 1.807) is 0 Å². The number of carbonyl (C=O) groups excluding carboxylic acids is 2. The summed E-state index contributed by atoms with van der Waals surface area (Å²) in [6, 6.07) is 10.5. The molecule has 1 aromatic rings. The van der Waals surface area contributed by atoms with Gasteiger partial charge in [-0.05, 0) is 12.5 Å². The summed E-state index contributed by atoms with van der Waals surface area (Å²) in [6.07, 6.45) is 0.404. The Morgan fingerprint density at radius 3 is 2.71 bits per heavy atom. The number of hydrogen-bond acceptors (Lipinski definition) is 3. The van der Waals surface area contributed by atoms with Gasteiger partial charge in [0.05, 0.1) is 12.6 Å². The molecular weight excluding hydrogens is 266 g/mol. The number of benzene rings is 1. The molecule has 2 aliphatic heterocycles. The number of fused-ring (bicyclic) bond motifs is 1. The lowest BCUT2D eigenvalue weighted by Crippen LogP contribution is -2.59. The van der Waals surface area contributed by atoms with Crippen LogP contribution in [0.4, 0.5) is 0 Å². The minimum atomic E-state index is -0.0235. The second-order valence-corrected chi connectivity index (χ2v) is 5.96. The van der Waals surface area contributed by atoms with Crippen LogP contribution in [0.5, 0.6) is 0 Å². The summed E-state index contributed by atoms with van der Waals surface area (Å²) in [4.78, 5) is 28.2. The van der Waals surface area contributed by atoms with E-state index in [9.17, 15) is 9.59 Å². The summed E-state index contributed by atoms with van der Waals surface area (Å²) in [7, 11) is 0. The van der Waals surface area contributed by atoms with Crippen molar-refractivity contribution in [2.45, 2.75) is 32.0 Å². The summed E-state index contributed by atoms with van der Waals surface area (Å²) >= 11 is 0. The molecule has 3 rings (SSSR count). The second-order valence-electron chi connectivity index (χ2n) is 5.96. The summed E-state index contributed by atoms with van der Waals surface area (Å²) in [5.74, 6) is 0.0160. The molecule has 0 bridgehead atoms. The Labute approximate surface area is 124 Å². The van der Waals surface area contributed by atoms with Gasteiger partial charge in [-0.2, -0.15) is 0 Å². The molecule has 2 atom stereocenters. The minimum Gasteiger partial charge on any atom is -0.347 e. The minimum absolute atomic E-state index is 0.00698. The Morgan fingerprint density at radius 2 is 1.95 bits per heavy atom. The molecule has 0 saturated carbocycles. The van der Waals surface area contributed by atoms with Crippen molar-refractivity contribution in [1.82, 2.24) is 15.1 Å². The lowest BCUT2D eigenvalue weighted by atomic mass is 10.0. The maximum absolute atomic E-state index is 12.2. The Hall–Kier alpha value is -1.88. The Bertz CT molecular complexity index is 532. The van der Waals surface area contributed by atoms with Crippen LogP contribution in [0.15, 0.2) is 30.3 Å². The zero-order chi connectivity index (χ0) is 14.8. The second kappa shape index (κ2) is 5.85. The van der Waals surface area contributed by atoms with Crippen LogP contribution >= 0.6 is 0 Å². The molecule has 5 heteroatoms. The monoisotopic (exact) mass is 287 g/mol. The van der Waals surface area contributed by atoms with Crippen LogP contribution in [-0.2, 0) is 16.1 Å². The first-order chi connectivity index (χ1) is 10.1. The van der Waals surface area contributed by atoms with Gasteiger partial charge in [0, 0.05) is 32.1 Å². The van der Waals surface area contributed by atoms with E-state index in [-0.39, 0.29) is 30.4 Å². The Morgan fingerprint density at radius 1 is 1.19 bits per heavy atom. The molecule has 0 spiro atoms. The fraction of sp³-hybridized carbons (Fsp3) is 0.500. The van der Waals surface area contributed by atoms with E-state index in [1.807, 2.05) is 23.1 Å². The van der Waals surface area contributed by atoms with Gasteiger partial charge in [-0.3, -0.25) is 14.5 Å². The smallest absolute Gasteiger partial charge is 0.242 e. The van der Waals surface area contributed by atoms with E-state index in [0.29, 0.717) is 6.42 Å². The highest BCUT2D eigenvalue weighted by molar-refractivity contribution is 5.88. The summed E-state index contributed by atoms with van der Waals surface area (Å²) in [5, 5.41) is 2.69. The molecule has 112 valence electrons. The quantitative estimate of drug-likeness (QED) is 0.867. The number of nitrogens with one attached hydrogen (secondary N) is 1. The van der Waals surface area contributed by atoms with E-state index in [4.69, 9.17) is 0 Å². The van der Waals surface area contributed by atoms with Crippen molar-refractivity contribution >= 4 is 11.8 Å². The Kier molecular flexibility index (Phi) is 3.92. The van der Waals surface area contributed by atoms with Crippen molar-refractivity contribution in [2.75, 3.05) is 19.6 Å². The number of amides is 2. The van der Waals surface area contributed by atoms with Crippen molar-refractivity contribution in [3.63, 3.8) is 0 Å². The highest BCUT2D eigenvalue weighted by Crippen LogP contribution is 2.21. The Balaban J connectivity index is 1.73. The lowest BCUT2D eigenvalue weighted by molar-refractivity contribution is -0.137. The number of carbonyl (C=O) groups is 2. The SMILES string of the molecule is C[C@@H]1CN(Cc2ccccc2)C[C@H]2CC(=O)NCC(=O)N21. The molecule has 5 nitrogen and oxygen atoms in total. The number of hydrogen-bond donors (Lipinski definition) is 1. The van der Waals surface area contributed by atoms with E-state index >= 15 is 0 Å². The van der Waals surface area contributed by atoms with Crippen LogP contribution < -0.4 is 5.32 Å². The third kappa shape index (κ3) is 3.08. The molecule has 2 saturated heterocycles. The van der Waals surface area contributed by atoms with Crippen molar-refractivity contribution in [2.24, 2.45) is 0 Å². The van der Waals surface area contributed by atoms with E-state index in [1.165, 1.54) is 5.56 Å². The van der Waals surface area contributed by atoms with Crippen molar-refractivity contribution in [1.29, 1.82) is 0 Å². The summed E-state index contributed by atoms with van der Waals surface area (Å²) < 4.78 is 0. The molecular formula is C16H21N3O2. The number of piperazine rings is 1. The number of nitrogens with zero attached hydrogens (tertiary/aromatic N) is 2. The predicted octanol–water partition coefficient (Wildman–Crippen LogP) is 0.608. The van der Waals surface area contributed by atoms with Gasteiger partial charge in [0.1, 0.15) is 0 Å². The third-order valence-electron chi connectivity index (χ3n) is 4.25. The molecule has 2 heterocycles. The van der Waals surface area contributed by atoms with Crippen LogP contribution in [0.1, 0.15) is 18.9 Å². The van der Waals surface area contributed by atoms with Gasteiger partial charge >= 0.3 is 0 Å². The van der Waals surface area contributed by atoms with Gasteiger partial charge in [-0.15, -0.1) is 0 Å². The summed E-state index contributed by atoms with van der Waals surface area (Å²) in [5.41, 5.74) is 1.27. The van der Waals surface area contributed by atoms with E-state index < -0.39 is 0 Å². The molecule has 2 fully saturated rings. The van der Waals surface area contributed by atoms with Crippen LogP contribution in [0, 0.1) is 0 Å². The van der Waals surface area contributed by atoms with Gasteiger partial charge in [-0.25, -0.2) is 0 Å². The van der Waals surface area contributed by atoms with Crippen LogP contribution in [-0.4, -0.2) is 53.3 Å². The lowest BCUT2D eigenvalue weighted by Gasteiger charge is -2.44. The standard InChI is InChI=1S/C16H21N3O2/c1-12-9-18(10-13-5-3-2-4-6-13)11-14-7-15(20)17-8-16(21)19(12)14/h2-6,12,14H,7-11H2,1H3,(H,17,20)/t12-,14-/m1/s1. The first kappa shape index (κ1) is 14.1. The highest BCUT2D eigenvalue weighted by atomic mass is 16.2. The molecule has 21 heavy (non-hydrogen) atoms. The van der Waals surface area contributed by atoms with E-state index in [0.717, 1.165) is 19.6 Å². The first-order valence-corrected chi connectivity index (χ1v) is 7.47. The van der Waals surface area contributed by atoms with Gasteiger partial charge in [-0.1, -0.05) is 30.3 Å². The molecule has 0 aliphatic carbocycles. The maximum Gasteiger partial charge on any atom is 0.242 e. The molecule has 2 aliphatic rings. The normalized spacial score (nSPS) is 27.0. The molecule has 0 radical (unpaired) electrons. The summed E-state index contributed by atoms with van der Waals surface area (Å²) in [6.45, 7) is 4.69. The van der Waals surface area contributed by atoms with Crippen molar-refractivity contribution < 1.29 is 9.59 Å². The molecule has 0 unspecified atom stereocenters. The first-order valence-electron chi connectivity index (χ1n) is 7.47. The molecule has 1 aromatic carbocycles. The van der Waals surface area contributed by atoms with Crippen LogP contribution in [0.3, 0.4) is 0 Å². The fourth-order valence-electron chi connectivity index (χ4n) is 3.42. The zero-order valence-electron chi connectivity index (χ0n) is 12.3. The van der Waals surface area contributed by atoms with Crippen LogP contribution in [0.2, 0.25) is 0 Å². The molecule has 1 N–H and O–H groups in total. The van der Waals surface area contributed by atoms with Gasteiger partial charge in [0.25, 0.3) is 0 Å². The average molecular weight is 287 g/mol. The topological polar surface area (TPSA) is 52.7 Å². The van der Waals surface area contributed by atoms with Gasteiger partial charge < -0.3 is 10.2 Å². The molecule has 0 aromatic heterocycles. The van der Waals surface area contributed by atoms with E-state index in [2.05, 4.69) is 29.3 Å². The van der Waals surface area contributed by atoms with Gasteiger partial charge in [0.2, 0.25) is 11.8 Å². The largest absolute Gasteiger partial charge is 0.347 e. The third-order valence-corrected chi connectivity index (χ3v) is 4.25. The maximum atomic E-state index is 12.2. The predicted molar refractivity (Wildman–Crippen MR) is 79.4 cm³/mol. The van der Waals surface area contributed by atoms with Gasteiger partial charge in [0.15, 0.2) is 0 Å². The highest BCUT2D eigenvalue weighted by Gasteiger charge is 2.38. The van der Waals surface area contributed by atoms with Crippen molar-refractivity contribution in [3.05, 3.63) is 35.9 Å². The zero-order valence-corrected chi connectivity index (χ0v) is 12.3. The molecule has 2 amide bonds. The number of rotatable bonds is 2. The average Bonchev–Trinajstić information content (AvgIpc) is 2.59.